The average molecular weight is 327 g/mol. The first-order valence-electron chi connectivity index (χ1n) is 8.09. The van der Waals surface area contributed by atoms with Crippen LogP contribution >= 0.6 is 0 Å². The van der Waals surface area contributed by atoms with E-state index in [2.05, 4.69) is 5.32 Å². The molecule has 4 heteroatoms. The highest BCUT2D eigenvalue weighted by Crippen LogP contribution is 2.21. The monoisotopic (exact) mass is 327 g/mol. The van der Waals surface area contributed by atoms with Crippen molar-refractivity contribution in [3.63, 3.8) is 0 Å². The molecule has 0 saturated heterocycles. The molecule has 0 aliphatic carbocycles. The van der Waals surface area contributed by atoms with E-state index in [0.29, 0.717) is 0 Å². The maximum absolute atomic E-state index is 12.4. The molecule has 0 heterocycles. The second kappa shape index (κ2) is 7.86. The first kappa shape index (κ1) is 17.9. The predicted octanol–water partition coefficient (Wildman–Crippen LogP) is 3.96. The van der Waals surface area contributed by atoms with Crippen molar-refractivity contribution in [2.45, 2.75) is 39.8 Å². The van der Waals surface area contributed by atoms with Gasteiger partial charge in [-0.3, -0.25) is 4.79 Å². The Kier molecular flexibility index (Phi) is 5.85. The van der Waals surface area contributed by atoms with Gasteiger partial charge < -0.3 is 14.8 Å². The molecule has 0 spiro atoms. The standard InChI is InChI=1S/C20H25NO3/c1-13-6-7-14(2)19(12-13)24-16(4)20(22)21-15(3)17-8-10-18(23-5)11-9-17/h6-12,15-16H,1-5H3,(H,21,22). The summed E-state index contributed by atoms with van der Waals surface area (Å²) in [4.78, 5) is 12.4. The van der Waals surface area contributed by atoms with Crippen molar-refractivity contribution in [2.75, 3.05) is 7.11 Å². The topological polar surface area (TPSA) is 47.6 Å². The summed E-state index contributed by atoms with van der Waals surface area (Å²) in [7, 11) is 1.63. The number of hydrogen-bond donors (Lipinski definition) is 1. The number of carbonyl (C=O) groups excluding carboxylic acids is 1. The van der Waals surface area contributed by atoms with Gasteiger partial charge in [0.1, 0.15) is 11.5 Å². The van der Waals surface area contributed by atoms with E-state index in [1.165, 1.54) is 0 Å². The Hall–Kier alpha value is -2.49. The second-order valence-corrected chi connectivity index (χ2v) is 6.03. The normalized spacial score (nSPS) is 13.0. The van der Waals surface area contributed by atoms with Crippen molar-refractivity contribution in [1.82, 2.24) is 5.32 Å². The highest BCUT2D eigenvalue weighted by atomic mass is 16.5. The molecule has 0 fully saturated rings. The lowest BCUT2D eigenvalue weighted by Crippen LogP contribution is -2.37. The Balaban J connectivity index is 1.98. The summed E-state index contributed by atoms with van der Waals surface area (Å²) in [6, 6.07) is 13.5. The van der Waals surface area contributed by atoms with Gasteiger partial charge in [-0.25, -0.2) is 0 Å². The Morgan fingerprint density at radius 1 is 1.04 bits per heavy atom. The summed E-state index contributed by atoms with van der Waals surface area (Å²) in [6.07, 6.45) is -0.564. The highest BCUT2D eigenvalue weighted by Gasteiger charge is 2.18. The maximum Gasteiger partial charge on any atom is 0.261 e. The van der Waals surface area contributed by atoms with Crippen LogP contribution in [-0.4, -0.2) is 19.1 Å². The lowest BCUT2D eigenvalue weighted by molar-refractivity contribution is -0.127. The van der Waals surface area contributed by atoms with Crippen LogP contribution in [0.5, 0.6) is 11.5 Å². The third-order valence-electron chi connectivity index (χ3n) is 3.99. The number of aryl methyl sites for hydroxylation is 2. The van der Waals surface area contributed by atoms with E-state index in [9.17, 15) is 4.79 Å². The Bertz CT molecular complexity index is 695. The highest BCUT2D eigenvalue weighted by molar-refractivity contribution is 5.81. The first-order chi connectivity index (χ1) is 11.4. The summed E-state index contributed by atoms with van der Waals surface area (Å²) in [5, 5.41) is 2.98. The Morgan fingerprint density at radius 2 is 1.71 bits per heavy atom. The predicted molar refractivity (Wildman–Crippen MR) is 95.6 cm³/mol. The summed E-state index contributed by atoms with van der Waals surface area (Å²) >= 11 is 0. The molecule has 128 valence electrons. The molecule has 2 atom stereocenters. The molecule has 0 aliphatic rings. The van der Waals surface area contributed by atoms with Gasteiger partial charge in [0.15, 0.2) is 6.10 Å². The number of ether oxygens (including phenoxy) is 2. The number of carbonyl (C=O) groups is 1. The third-order valence-corrected chi connectivity index (χ3v) is 3.99. The SMILES string of the molecule is COc1ccc(C(C)NC(=O)C(C)Oc2cc(C)ccc2C)cc1. The molecule has 2 aromatic rings. The van der Waals surface area contributed by atoms with E-state index >= 15 is 0 Å². The smallest absolute Gasteiger partial charge is 0.261 e. The minimum absolute atomic E-state index is 0.104. The summed E-state index contributed by atoms with van der Waals surface area (Å²) in [5.74, 6) is 1.40. The van der Waals surface area contributed by atoms with Gasteiger partial charge in [-0.1, -0.05) is 24.3 Å². The van der Waals surface area contributed by atoms with Gasteiger partial charge in [-0.2, -0.15) is 0 Å². The zero-order valence-electron chi connectivity index (χ0n) is 14.9. The molecule has 2 aromatic carbocycles. The van der Waals surface area contributed by atoms with Crippen LogP contribution in [0.1, 0.15) is 36.6 Å². The van der Waals surface area contributed by atoms with E-state index in [1.54, 1.807) is 14.0 Å². The molecule has 1 N–H and O–H groups in total. The molecule has 2 unspecified atom stereocenters. The van der Waals surface area contributed by atoms with Crippen LogP contribution in [0.25, 0.3) is 0 Å². The number of methoxy groups -OCH3 is 1. The molecule has 2 rings (SSSR count). The van der Waals surface area contributed by atoms with Crippen LogP contribution in [-0.2, 0) is 4.79 Å². The molecular formula is C20H25NO3. The third kappa shape index (κ3) is 4.51. The fraction of sp³-hybridized carbons (Fsp3) is 0.350. The maximum atomic E-state index is 12.4. The Morgan fingerprint density at radius 3 is 2.33 bits per heavy atom. The number of rotatable bonds is 6. The van der Waals surface area contributed by atoms with Crippen molar-refractivity contribution < 1.29 is 14.3 Å². The van der Waals surface area contributed by atoms with E-state index < -0.39 is 6.10 Å². The fourth-order valence-electron chi connectivity index (χ4n) is 2.38. The molecule has 0 saturated carbocycles. The van der Waals surface area contributed by atoms with Gasteiger partial charge in [0.25, 0.3) is 5.91 Å². The second-order valence-electron chi connectivity index (χ2n) is 6.03. The average Bonchev–Trinajstić information content (AvgIpc) is 2.58. The minimum atomic E-state index is -0.564. The van der Waals surface area contributed by atoms with Crippen LogP contribution in [0.3, 0.4) is 0 Å². The lowest BCUT2D eigenvalue weighted by Gasteiger charge is -2.20. The van der Waals surface area contributed by atoms with E-state index in [4.69, 9.17) is 9.47 Å². The van der Waals surface area contributed by atoms with Crippen molar-refractivity contribution in [1.29, 1.82) is 0 Å². The van der Waals surface area contributed by atoms with Crippen LogP contribution < -0.4 is 14.8 Å². The zero-order valence-corrected chi connectivity index (χ0v) is 14.9. The van der Waals surface area contributed by atoms with Crippen LogP contribution in [0.2, 0.25) is 0 Å². The van der Waals surface area contributed by atoms with Crippen LogP contribution in [0.15, 0.2) is 42.5 Å². The molecule has 0 radical (unpaired) electrons. The number of nitrogens with one attached hydrogen (secondary N) is 1. The van der Waals surface area contributed by atoms with Crippen LogP contribution in [0.4, 0.5) is 0 Å². The molecule has 0 aromatic heterocycles. The van der Waals surface area contributed by atoms with Crippen molar-refractivity contribution in [3.05, 3.63) is 59.2 Å². The van der Waals surface area contributed by atoms with Gasteiger partial charge in [-0.15, -0.1) is 0 Å². The largest absolute Gasteiger partial charge is 0.497 e. The molecule has 0 bridgehead atoms. The van der Waals surface area contributed by atoms with Gasteiger partial charge in [-0.05, 0) is 62.6 Å². The quantitative estimate of drug-likeness (QED) is 0.874. The zero-order chi connectivity index (χ0) is 17.7. The van der Waals surface area contributed by atoms with E-state index in [0.717, 1.165) is 28.2 Å². The summed E-state index contributed by atoms with van der Waals surface area (Å²) < 4.78 is 11.0. The van der Waals surface area contributed by atoms with E-state index in [1.807, 2.05) is 63.2 Å². The number of benzene rings is 2. The van der Waals surface area contributed by atoms with Gasteiger partial charge in [0.2, 0.25) is 0 Å². The van der Waals surface area contributed by atoms with Crippen molar-refractivity contribution in [2.24, 2.45) is 0 Å². The molecular weight excluding hydrogens is 302 g/mol. The van der Waals surface area contributed by atoms with Gasteiger partial charge in [0, 0.05) is 0 Å². The molecule has 0 aliphatic heterocycles. The minimum Gasteiger partial charge on any atom is -0.497 e. The summed E-state index contributed by atoms with van der Waals surface area (Å²) in [5.41, 5.74) is 3.14. The van der Waals surface area contributed by atoms with Crippen molar-refractivity contribution >= 4 is 5.91 Å². The van der Waals surface area contributed by atoms with Crippen molar-refractivity contribution in [3.8, 4) is 11.5 Å². The van der Waals surface area contributed by atoms with Gasteiger partial charge >= 0.3 is 0 Å². The number of hydrogen-bond acceptors (Lipinski definition) is 3. The summed E-state index contributed by atoms with van der Waals surface area (Å²) in [6.45, 7) is 7.68. The first-order valence-corrected chi connectivity index (χ1v) is 8.09. The van der Waals surface area contributed by atoms with Crippen LogP contribution in [0, 0.1) is 13.8 Å². The lowest BCUT2D eigenvalue weighted by atomic mass is 10.1. The molecule has 24 heavy (non-hydrogen) atoms. The van der Waals surface area contributed by atoms with Gasteiger partial charge in [0.05, 0.1) is 13.2 Å². The molecule has 1 amide bonds. The number of amides is 1. The fourth-order valence-corrected chi connectivity index (χ4v) is 2.38. The Labute approximate surface area is 143 Å². The van der Waals surface area contributed by atoms with E-state index in [-0.39, 0.29) is 11.9 Å². The molecule has 4 nitrogen and oxygen atoms in total.